The number of aromatic carboxylic acids is 2. The number of unbranched alkanes of at least 4 members (excludes halogenated alkanes) is 14. The summed E-state index contributed by atoms with van der Waals surface area (Å²) in [4.78, 5) is 49.3. The number of carboxylic acids is 2. The zero-order valence-electron chi connectivity index (χ0n) is 77.5. The van der Waals surface area contributed by atoms with Crippen LogP contribution in [0.25, 0.3) is 11.1 Å². The number of carboxylic acid groups (broad SMARTS) is 2. The van der Waals surface area contributed by atoms with Crippen LogP contribution in [0.3, 0.4) is 0 Å². The summed E-state index contributed by atoms with van der Waals surface area (Å²) >= 11 is 3.50. The maximum Gasteiger partial charge on any atom is 0.494 e. The topological polar surface area (TPSA) is 392 Å². The van der Waals surface area contributed by atoms with Gasteiger partial charge in [-0.2, -0.15) is 20.5 Å². The van der Waals surface area contributed by atoms with Gasteiger partial charge in [0.15, 0.2) is 0 Å². The second-order valence-corrected chi connectivity index (χ2v) is 33.4. The van der Waals surface area contributed by atoms with Crippen LogP contribution in [0.4, 0.5) is 79.6 Å². The van der Waals surface area contributed by atoms with Gasteiger partial charge in [-0.25, -0.2) is 9.59 Å². The van der Waals surface area contributed by atoms with Gasteiger partial charge in [-0.1, -0.05) is 138 Å². The van der Waals surface area contributed by atoms with E-state index >= 15 is 0 Å². The van der Waals surface area contributed by atoms with Gasteiger partial charge in [0.05, 0.1) is 85.3 Å². The molecule has 1 saturated heterocycles. The normalized spacial score (nSPS) is 12.6. The van der Waals surface area contributed by atoms with E-state index in [1.54, 1.807) is 48.5 Å². The fourth-order valence-corrected chi connectivity index (χ4v) is 14.8. The molecule has 1 fully saturated rings. The Labute approximate surface area is 781 Å². The van der Waals surface area contributed by atoms with Crippen LogP contribution in [-0.4, -0.2) is 118 Å². The number of rotatable bonds is 48. The number of likely N-dealkylation sites (N-methyl/N-ethyl adjacent to an activating group) is 2. The summed E-state index contributed by atoms with van der Waals surface area (Å²) in [5, 5.41) is 76.0. The van der Waals surface area contributed by atoms with Gasteiger partial charge in [0, 0.05) is 88.8 Å². The van der Waals surface area contributed by atoms with Gasteiger partial charge >= 0.3 is 19.1 Å². The number of aryl methyl sites for hydroxylation is 2. The molecule has 0 amide bonds. The lowest BCUT2D eigenvalue weighted by Crippen LogP contribution is -2.41. The summed E-state index contributed by atoms with van der Waals surface area (Å²) in [6, 6.07) is 55.2. The van der Waals surface area contributed by atoms with E-state index in [0.29, 0.717) is 106 Å². The number of halogens is 1. The first-order valence-electron chi connectivity index (χ1n) is 44.8. The Hall–Kier alpha value is -13.2. The molecule has 10 aromatic rings. The Morgan fingerprint density at radius 3 is 1.09 bits per heavy atom. The Bertz CT molecular complexity index is 5540. The number of nitrogens with zero attached hydrogens (tertiary/aromatic N) is 12. The number of hydrogen-bond acceptors (Lipinski definition) is 26. The Morgan fingerprint density at radius 1 is 0.409 bits per heavy atom. The number of nitro benzene ring substituents is 2. The number of benzene rings is 10. The first-order chi connectivity index (χ1) is 63.6. The maximum atomic E-state index is 12.2. The highest BCUT2D eigenvalue weighted by atomic mass is 79.9. The summed E-state index contributed by atoms with van der Waals surface area (Å²) in [6.45, 7) is 19.3. The molecule has 0 saturated carbocycles. The number of hydrogen-bond donors (Lipinski definition) is 4. The van der Waals surface area contributed by atoms with E-state index < -0.39 is 40.1 Å². The predicted octanol–water partition coefficient (Wildman–Crippen LogP) is 27.0. The average Bonchev–Trinajstić information content (AvgIpc) is 1.63. The van der Waals surface area contributed by atoms with Gasteiger partial charge < -0.3 is 69.2 Å². The number of nitrogen functional groups attached to an aromatic ring is 2. The minimum Gasteiger partial charge on any atom is -0.494 e. The Kier molecular flexibility index (Phi) is 40.4. The SMILES string of the molecule is CCCCCCCCCCc1cc(-c2ccc(C(=O)O)c(OCCN(CC)c3ccc(N=Nc4cc(OC)c(N=Nc5ccc([N+](=O)[O-])cc5)cc4OC)cc3)c2)ccc1N.CCCCCCCCCCc1cc(Br)ccc1N.CCN(CCOc1cc(B2OC(C)(C)C(C)(C)O2)ccc1C(=O)O)c1ccc(N=Nc2cc(OC)c(N=Nc3ccc([N+](=O)[O-])cc3)cc2OC)cc1. The van der Waals surface area contributed by atoms with Gasteiger partial charge in [-0.3, -0.25) is 20.2 Å². The van der Waals surface area contributed by atoms with Crippen molar-refractivity contribution in [2.75, 3.05) is 89.1 Å². The number of non-ortho nitro benzene ring substituents is 2. The minimum atomic E-state index is -1.09. The molecule has 698 valence electrons. The highest BCUT2D eigenvalue weighted by Gasteiger charge is 2.52. The van der Waals surface area contributed by atoms with Crippen LogP contribution in [0.1, 0.15) is 190 Å². The average molecular weight is 1870 g/mol. The second kappa shape index (κ2) is 52.0. The zero-order chi connectivity index (χ0) is 95.1. The summed E-state index contributed by atoms with van der Waals surface area (Å²) in [6.07, 6.45) is 22.9. The predicted molar refractivity (Wildman–Crippen MR) is 525 cm³/mol. The lowest BCUT2D eigenvalue weighted by atomic mass is 9.78. The van der Waals surface area contributed by atoms with Gasteiger partial charge in [0.2, 0.25) is 0 Å². The monoisotopic (exact) mass is 1860 g/mol. The smallest absolute Gasteiger partial charge is 0.494 e. The van der Waals surface area contributed by atoms with Crippen molar-refractivity contribution in [2.24, 2.45) is 40.9 Å². The molecule has 0 atom stereocenters. The molecule has 0 aliphatic carbocycles. The van der Waals surface area contributed by atoms with Crippen molar-refractivity contribution in [2.45, 2.75) is 182 Å². The van der Waals surface area contributed by atoms with Gasteiger partial charge in [-0.05, 0) is 222 Å². The highest BCUT2D eigenvalue weighted by Crippen LogP contribution is 2.44. The van der Waals surface area contributed by atoms with Crippen molar-refractivity contribution in [1.82, 2.24) is 0 Å². The van der Waals surface area contributed by atoms with Gasteiger partial charge in [-0.15, -0.1) is 20.5 Å². The van der Waals surface area contributed by atoms with Crippen molar-refractivity contribution in [3.8, 4) is 45.6 Å². The van der Waals surface area contributed by atoms with E-state index in [-0.39, 0.29) is 41.5 Å². The number of nitro groups is 2. The van der Waals surface area contributed by atoms with Crippen LogP contribution in [0.2, 0.25) is 0 Å². The summed E-state index contributed by atoms with van der Waals surface area (Å²) in [5.41, 5.74) is 23.4. The van der Waals surface area contributed by atoms with E-state index in [2.05, 4.69) is 92.6 Å². The van der Waals surface area contributed by atoms with Crippen LogP contribution >= 0.6 is 15.9 Å². The molecule has 10 aromatic carbocycles. The van der Waals surface area contributed by atoms with Crippen LogP contribution in [0.5, 0.6) is 34.5 Å². The molecule has 1 heterocycles. The molecule has 30 nitrogen and oxygen atoms in total. The van der Waals surface area contributed by atoms with Crippen LogP contribution < -0.4 is 55.2 Å². The summed E-state index contributed by atoms with van der Waals surface area (Å²) in [5.74, 6) is -0.0684. The lowest BCUT2D eigenvalue weighted by Gasteiger charge is -2.32. The molecule has 32 heteroatoms. The molecule has 1 aliphatic heterocycles. The molecular weight excluding hydrogens is 1740 g/mol. The molecule has 6 N–H and O–H groups in total. The zero-order valence-corrected chi connectivity index (χ0v) is 79.1. The first-order valence-corrected chi connectivity index (χ1v) is 45.6. The van der Waals surface area contributed by atoms with E-state index in [1.165, 1.54) is 185 Å². The maximum absolute atomic E-state index is 12.2. The summed E-state index contributed by atoms with van der Waals surface area (Å²) < 4.78 is 47.7. The third-order valence-corrected chi connectivity index (χ3v) is 23.3. The number of azo groups is 4. The minimum absolute atomic E-state index is 0.0430. The lowest BCUT2D eigenvalue weighted by molar-refractivity contribution is -0.385. The van der Waals surface area contributed by atoms with Crippen LogP contribution in [0.15, 0.2) is 240 Å². The summed E-state index contributed by atoms with van der Waals surface area (Å²) in [7, 11) is 5.33. The third-order valence-electron chi connectivity index (χ3n) is 22.8. The van der Waals surface area contributed by atoms with E-state index in [0.717, 1.165) is 63.2 Å². The number of methoxy groups -OCH3 is 4. The molecule has 0 spiro atoms. The molecule has 1 aliphatic rings. The first kappa shape index (κ1) is 103. The Balaban J connectivity index is 0.000000251. The standard InChI is InChI=1S/C47H55N7O7.C37H41BN6O9.C16H26BrN/c1-5-7-8-9-10-11-12-13-14-35-29-33(16-26-41(35)48)34-15-25-40(47(55)56)44(30-34)61-28-27-53(6-2)38-21-17-36(18-22-38)49-51-42-31-46(60-4)43(32-45(42)59-3)52-50-37-19-23-39(24-20-37)54(57)58;1-8-43(19-20-51-32-21-24(9-18-29(32)35(45)46)38-52-36(2,3)37(4,5)53-38)27-14-10-25(11-15-27)39-41-30-22-34(50-7)31(23-33(30)49-6)42-40-26-12-16-28(17-13-26)44(47)48;1-2-3-4-5-6-7-8-9-10-14-13-15(17)11-12-16(14)18/h15-26,29-32H,5-14,27-28,48H2,1-4H3,(H,55,56);9-18,21-23H,8,19-20H2,1-7H3,(H,45,46);11-13H,2-10,18H2,1H3. The van der Waals surface area contributed by atoms with Gasteiger partial charge in [0.1, 0.15) is 81.6 Å². The van der Waals surface area contributed by atoms with Crippen LogP contribution in [-0.2, 0) is 22.2 Å². The fourth-order valence-electron chi connectivity index (χ4n) is 14.4. The third kappa shape index (κ3) is 30.7. The van der Waals surface area contributed by atoms with E-state index in [9.17, 15) is 40.0 Å². The molecule has 132 heavy (non-hydrogen) atoms. The quantitative estimate of drug-likeness (QED) is 0.00687. The molecule has 0 unspecified atom stereocenters. The van der Waals surface area contributed by atoms with Crippen molar-refractivity contribution in [1.29, 1.82) is 0 Å². The second-order valence-electron chi connectivity index (χ2n) is 32.5. The molecular formula is C100H122BBrN14O16. The number of carbonyl (C=O) groups is 2. The van der Waals surface area contributed by atoms with Crippen molar-refractivity contribution in [3.63, 3.8) is 0 Å². The Morgan fingerprint density at radius 2 is 0.735 bits per heavy atom. The van der Waals surface area contributed by atoms with Crippen molar-refractivity contribution >= 4 is 120 Å². The van der Waals surface area contributed by atoms with Crippen molar-refractivity contribution in [3.05, 3.63) is 241 Å². The fraction of sp³-hybridized carbons (Fsp3) is 0.380. The van der Waals surface area contributed by atoms with Crippen LogP contribution in [0, 0.1) is 20.2 Å². The molecule has 0 radical (unpaired) electrons. The number of ether oxygens (including phenoxy) is 6. The van der Waals surface area contributed by atoms with Crippen molar-refractivity contribution < 1.29 is 67.4 Å². The largest absolute Gasteiger partial charge is 0.494 e. The molecule has 0 bridgehead atoms. The number of nitrogens with two attached hydrogens (primary N) is 2. The number of anilines is 4. The van der Waals surface area contributed by atoms with E-state index in [1.807, 2.05) is 120 Å². The molecule has 0 aromatic heterocycles. The molecule has 11 rings (SSSR count). The van der Waals surface area contributed by atoms with Gasteiger partial charge in [0.25, 0.3) is 11.4 Å². The highest BCUT2D eigenvalue weighted by molar-refractivity contribution is 9.10. The van der Waals surface area contributed by atoms with E-state index in [4.69, 9.17) is 49.2 Å².